The van der Waals surface area contributed by atoms with Crippen LogP contribution < -0.4 is 4.74 Å². The van der Waals surface area contributed by atoms with Crippen molar-refractivity contribution in [2.75, 3.05) is 7.11 Å². The molecule has 0 atom stereocenters. The van der Waals surface area contributed by atoms with Crippen molar-refractivity contribution >= 4 is 5.78 Å². The van der Waals surface area contributed by atoms with E-state index in [0.29, 0.717) is 17.0 Å². The highest BCUT2D eigenvalue weighted by molar-refractivity contribution is 6.09. The maximum absolute atomic E-state index is 12.2. The number of carbonyl (C=O) groups is 1. The Balaban J connectivity index is 2.43. The molecule has 0 bridgehead atoms. The maximum Gasteiger partial charge on any atom is 0.216 e. The second-order valence-electron chi connectivity index (χ2n) is 3.91. The van der Waals surface area contributed by atoms with Crippen LogP contribution in [0.3, 0.4) is 0 Å². The van der Waals surface area contributed by atoms with Crippen LogP contribution in [-0.4, -0.2) is 22.7 Å². The molecule has 1 heterocycles. The number of benzene rings is 1. The monoisotopic (exact) mass is 230 g/mol. The first kappa shape index (κ1) is 11.4. The fourth-order valence-electron chi connectivity index (χ4n) is 1.66. The molecule has 0 aliphatic heterocycles. The number of nitrogens with zero attached hydrogens (tertiary/aromatic N) is 2. The highest BCUT2D eigenvalue weighted by atomic mass is 16.5. The molecule has 88 valence electrons. The predicted octanol–water partition coefficient (Wildman–Crippen LogP) is 1.97. The predicted molar refractivity (Wildman–Crippen MR) is 64.4 cm³/mol. The summed E-state index contributed by atoms with van der Waals surface area (Å²) >= 11 is 0. The van der Waals surface area contributed by atoms with E-state index in [4.69, 9.17) is 4.74 Å². The van der Waals surface area contributed by atoms with Crippen LogP contribution >= 0.6 is 0 Å². The lowest BCUT2D eigenvalue weighted by atomic mass is 10.1. The summed E-state index contributed by atoms with van der Waals surface area (Å²) in [5, 5.41) is 4.10. The van der Waals surface area contributed by atoms with Gasteiger partial charge < -0.3 is 4.74 Å². The third-order valence-corrected chi connectivity index (χ3v) is 2.55. The number of aromatic nitrogens is 2. The normalized spacial score (nSPS) is 10.3. The van der Waals surface area contributed by atoms with E-state index >= 15 is 0 Å². The van der Waals surface area contributed by atoms with E-state index in [0.717, 1.165) is 5.56 Å². The Bertz CT molecular complexity index is 558. The van der Waals surface area contributed by atoms with Crippen LogP contribution in [0, 0.1) is 6.92 Å². The molecule has 0 amide bonds. The van der Waals surface area contributed by atoms with Gasteiger partial charge in [0.2, 0.25) is 5.78 Å². The standard InChI is InChI=1S/C13H14N2O2/c1-9-4-5-10(12(8-9)17-3)13(16)11-6-7-15(2)14-11/h4-8H,1-3H3. The summed E-state index contributed by atoms with van der Waals surface area (Å²) < 4.78 is 6.83. The molecule has 1 aromatic heterocycles. The smallest absolute Gasteiger partial charge is 0.216 e. The van der Waals surface area contributed by atoms with Gasteiger partial charge in [0.05, 0.1) is 12.7 Å². The van der Waals surface area contributed by atoms with E-state index in [1.54, 1.807) is 37.2 Å². The molecule has 0 saturated heterocycles. The number of aryl methyl sites for hydroxylation is 2. The molecule has 0 unspecified atom stereocenters. The van der Waals surface area contributed by atoms with Gasteiger partial charge in [-0.2, -0.15) is 5.10 Å². The highest BCUT2D eigenvalue weighted by Gasteiger charge is 2.16. The number of hydrogen-bond donors (Lipinski definition) is 0. The van der Waals surface area contributed by atoms with Gasteiger partial charge in [0.15, 0.2) is 0 Å². The highest BCUT2D eigenvalue weighted by Crippen LogP contribution is 2.22. The van der Waals surface area contributed by atoms with E-state index in [1.807, 2.05) is 19.1 Å². The Morgan fingerprint density at radius 2 is 2.12 bits per heavy atom. The van der Waals surface area contributed by atoms with Crippen molar-refractivity contribution in [2.45, 2.75) is 6.92 Å². The number of hydrogen-bond acceptors (Lipinski definition) is 3. The quantitative estimate of drug-likeness (QED) is 0.757. The second kappa shape index (κ2) is 4.41. The largest absolute Gasteiger partial charge is 0.496 e. The van der Waals surface area contributed by atoms with E-state index in [2.05, 4.69) is 5.10 Å². The van der Waals surface area contributed by atoms with Crippen LogP contribution in [0.15, 0.2) is 30.5 Å². The zero-order chi connectivity index (χ0) is 12.4. The van der Waals surface area contributed by atoms with Crippen molar-refractivity contribution in [3.63, 3.8) is 0 Å². The fourth-order valence-corrected chi connectivity index (χ4v) is 1.66. The molecule has 0 N–H and O–H groups in total. The summed E-state index contributed by atoms with van der Waals surface area (Å²) in [6.07, 6.45) is 1.74. The first-order chi connectivity index (χ1) is 8.11. The molecule has 0 aliphatic rings. The molecule has 2 aromatic rings. The third kappa shape index (κ3) is 2.20. The van der Waals surface area contributed by atoms with Gasteiger partial charge in [-0.15, -0.1) is 0 Å². The minimum Gasteiger partial charge on any atom is -0.496 e. The third-order valence-electron chi connectivity index (χ3n) is 2.55. The van der Waals surface area contributed by atoms with Crippen molar-refractivity contribution in [3.05, 3.63) is 47.3 Å². The molecule has 2 rings (SSSR count). The molecular formula is C13H14N2O2. The molecule has 0 aliphatic carbocycles. The zero-order valence-corrected chi connectivity index (χ0v) is 10.1. The molecule has 0 spiro atoms. The lowest BCUT2D eigenvalue weighted by Gasteiger charge is -2.07. The van der Waals surface area contributed by atoms with Crippen LogP contribution in [0.25, 0.3) is 0 Å². The number of ether oxygens (including phenoxy) is 1. The van der Waals surface area contributed by atoms with Crippen molar-refractivity contribution in [2.24, 2.45) is 7.05 Å². The van der Waals surface area contributed by atoms with Crippen molar-refractivity contribution in [1.29, 1.82) is 0 Å². The van der Waals surface area contributed by atoms with Crippen LogP contribution in [-0.2, 0) is 7.05 Å². The van der Waals surface area contributed by atoms with Crippen molar-refractivity contribution in [3.8, 4) is 5.75 Å². The zero-order valence-electron chi connectivity index (χ0n) is 10.1. The van der Waals surface area contributed by atoms with Gasteiger partial charge >= 0.3 is 0 Å². The average Bonchev–Trinajstić information content (AvgIpc) is 2.75. The molecule has 0 saturated carbocycles. The summed E-state index contributed by atoms with van der Waals surface area (Å²) in [5.74, 6) is 0.461. The van der Waals surface area contributed by atoms with E-state index in [1.165, 1.54) is 0 Å². The van der Waals surface area contributed by atoms with Gasteiger partial charge in [-0.1, -0.05) is 6.07 Å². The summed E-state index contributed by atoms with van der Waals surface area (Å²) in [4.78, 5) is 12.2. The molecule has 4 nitrogen and oxygen atoms in total. The summed E-state index contributed by atoms with van der Waals surface area (Å²) in [5.41, 5.74) is 2.02. The lowest BCUT2D eigenvalue weighted by molar-refractivity contribution is 0.103. The summed E-state index contributed by atoms with van der Waals surface area (Å²) in [6.45, 7) is 1.96. The Morgan fingerprint density at radius 1 is 1.35 bits per heavy atom. The first-order valence-corrected chi connectivity index (χ1v) is 5.31. The van der Waals surface area contributed by atoms with Crippen LogP contribution in [0.2, 0.25) is 0 Å². The molecule has 0 fully saturated rings. The lowest BCUT2D eigenvalue weighted by Crippen LogP contribution is -2.05. The van der Waals surface area contributed by atoms with Crippen LogP contribution in [0.4, 0.5) is 0 Å². The van der Waals surface area contributed by atoms with E-state index < -0.39 is 0 Å². The maximum atomic E-state index is 12.2. The van der Waals surface area contributed by atoms with Crippen molar-refractivity contribution in [1.82, 2.24) is 9.78 Å². The van der Waals surface area contributed by atoms with Gasteiger partial charge in [-0.05, 0) is 30.7 Å². The van der Waals surface area contributed by atoms with Gasteiger partial charge in [-0.25, -0.2) is 0 Å². The van der Waals surface area contributed by atoms with Gasteiger partial charge in [0.1, 0.15) is 11.4 Å². The Kier molecular flexibility index (Phi) is 2.95. The van der Waals surface area contributed by atoms with Gasteiger partial charge in [-0.3, -0.25) is 9.48 Å². The number of carbonyl (C=O) groups excluding carboxylic acids is 1. The van der Waals surface area contributed by atoms with Crippen LogP contribution in [0.5, 0.6) is 5.75 Å². The molecule has 1 aromatic carbocycles. The Hall–Kier alpha value is -2.10. The van der Waals surface area contributed by atoms with Crippen LogP contribution in [0.1, 0.15) is 21.6 Å². The fraction of sp³-hybridized carbons (Fsp3) is 0.231. The topological polar surface area (TPSA) is 44.1 Å². The second-order valence-corrected chi connectivity index (χ2v) is 3.91. The summed E-state index contributed by atoms with van der Waals surface area (Å²) in [6, 6.07) is 7.20. The summed E-state index contributed by atoms with van der Waals surface area (Å²) in [7, 11) is 3.34. The Labute approximate surface area is 99.8 Å². The molecule has 17 heavy (non-hydrogen) atoms. The minimum absolute atomic E-state index is 0.123. The molecule has 0 radical (unpaired) electrons. The Morgan fingerprint density at radius 3 is 2.71 bits per heavy atom. The number of methoxy groups -OCH3 is 1. The SMILES string of the molecule is COc1cc(C)ccc1C(=O)c1ccn(C)n1. The number of ketones is 1. The number of rotatable bonds is 3. The van der Waals surface area contributed by atoms with Crippen molar-refractivity contribution < 1.29 is 9.53 Å². The minimum atomic E-state index is -0.123. The van der Waals surface area contributed by atoms with Gasteiger partial charge in [0.25, 0.3) is 0 Å². The van der Waals surface area contributed by atoms with Gasteiger partial charge in [0, 0.05) is 13.2 Å². The molecular weight excluding hydrogens is 216 g/mol. The molecule has 4 heteroatoms. The first-order valence-electron chi connectivity index (χ1n) is 5.31. The average molecular weight is 230 g/mol. The van der Waals surface area contributed by atoms with E-state index in [-0.39, 0.29) is 5.78 Å². The van der Waals surface area contributed by atoms with E-state index in [9.17, 15) is 4.79 Å².